The third kappa shape index (κ3) is 2.21. The fourth-order valence-electron chi connectivity index (χ4n) is 1.79. The smallest absolute Gasteiger partial charge is 0.244 e. The molecule has 0 saturated carbocycles. The van der Waals surface area contributed by atoms with Gasteiger partial charge in [-0.05, 0) is 12.8 Å². The van der Waals surface area contributed by atoms with Gasteiger partial charge in [-0.3, -0.25) is 0 Å². The minimum Gasteiger partial charge on any atom is -0.244 e. The number of nitrogens with zero attached hydrogens (tertiary/aromatic N) is 3. The maximum atomic E-state index is 12.0. The van der Waals surface area contributed by atoms with Crippen LogP contribution in [0.5, 0.6) is 0 Å². The second-order valence-corrected chi connectivity index (χ2v) is 5.55. The number of aromatic nitrogens is 2. The van der Waals surface area contributed by atoms with E-state index in [-0.39, 0.29) is 0 Å². The highest BCUT2D eigenvalue weighted by Gasteiger charge is 2.23. The number of imidazole rings is 1. The van der Waals surface area contributed by atoms with E-state index < -0.39 is 10.2 Å². The summed E-state index contributed by atoms with van der Waals surface area (Å²) < 4.78 is 26.8. The zero-order valence-corrected chi connectivity index (χ0v) is 9.36. The van der Waals surface area contributed by atoms with E-state index in [2.05, 4.69) is 4.98 Å². The molecule has 15 heavy (non-hydrogen) atoms. The highest BCUT2D eigenvalue weighted by molar-refractivity contribution is 7.87. The molecule has 0 N–H and O–H groups in total. The quantitative estimate of drug-likeness (QED) is 0.755. The van der Waals surface area contributed by atoms with E-state index in [9.17, 15) is 8.42 Å². The van der Waals surface area contributed by atoms with Crippen LogP contribution in [0.25, 0.3) is 0 Å². The first-order valence-electron chi connectivity index (χ1n) is 5.20. The van der Waals surface area contributed by atoms with Gasteiger partial charge in [0.05, 0.1) is 0 Å². The number of rotatable bonds is 2. The molecule has 1 saturated heterocycles. The Morgan fingerprint density at radius 3 is 2.27 bits per heavy atom. The Morgan fingerprint density at radius 2 is 1.73 bits per heavy atom. The molecule has 0 unspecified atom stereocenters. The number of hydrogen-bond donors (Lipinski definition) is 0. The molecule has 2 heterocycles. The molecule has 1 aliphatic rings. The third-order valence-corrected chi connectivity index (χ3v) is 4.40. The van der Waals surface area contributed by atoms with Crippen molar-refractivity contribution in [2.24, 2.45) is 0 Å². The molecule has 6 heteroatoms. The van der Waals surface area contributed by atoms with Gasteiger partial charge in [-0.1, -0.05) is 12.8 Å². The summed E-state index contributed by atoms with van der Waals surface area (Å²) in [5, 5.41) is 0. The predicted octanol–water partition coefficient (Wildman–Crippen LogP) is 0.852. The molecular weight excluding hydrogens is 214 g/mol. The molecule has 0 atom stereocenters. The maximum absolute atomic E-state index is 12.0. The van der Waals surface area contributed by atoms with Gasteiger partial charge in [-0.25, -0.2) is 8.96 Å². The van der Waals surface area contributed by atoms with Crippen molar-refractivity contribution in [2.75, 3.05) is 13.1 Å². The molecule has 0 amide bonds. The van der Waals surface area contributed by atoms with Crippen LogP contribution in [-0.4, -0.2) is 34.8 Å². The first-order chi connectivity index (χ1) is 7.21. The molecular formula is C9H15N3O2S. The molecule has 1 aromatic heterocycles. The van der Waals surface area contributed by atoms with E-state index in [0.717, 1.165) is 25.7 Å². The summed E-state index contributed by atoms with van der Waals surface area (Å²) >= 11 is 0. The molecule has 84 valence electrons. The average Bonchev–Trinajstić information content (AvgIpc) is 2.61. The van der Waals surface area contributed by atoms with Crippen molar-refractivity contribution >= 4 is 10.2 Å². The van der Waals surface area contributed by atoms with Gasteiger partial charge in [0.2, 0.25) is 0 Å². The lowest BCUT2D eigenvalue weighted by Gasteiger charge is -2.19. The first kappa shape index (κ1) is 10.6. The normalized spacial score (nSPS) is 20.0. The van der Waals surface area contributed by atoms with Crippen LogP contribution in [0.15, 0.2) is 18.7 Å². The van der Waals surface area contributed by atoms with Crippen LogP contribution in [0, 0.1) is 0 Å². The Hall–Kier alpha value is -0.880. The van der Waals surface area contributed by atoms with Crippen LogP contribution in [0.2, 0.25) is 0 Å². The molecule has 0 aromatic carbocycles. The van der Waals surface area contributed by atoms with E-state index in [1.54, 1.807) is 4.31 Å². The summed E-state index contributed by atoms with van der Waals surface area (Å²) in [6.07, 6.45) is 8.43. The molecule has 1 aliphatic heterocycles. The fraction of sp³-hybridized carbons (Fsp3) is 0.667. The monoisotopic (exact) mass is 229 g/mol. The minimum absolute atomic E-state index is 0.626. The van der Waals surface area contributed by atoms with Gasteiger partial charge in [0.15, 0.2) is 0 Å². The van der Waals surface area contributed by atoms with E-state index >= 15 is 0 Å². The molecule has 0 bridgehead atoms. The van der Waals surface area contributed by atoms with E-state index in [1.165, 1.54) is 22.7 Å². The van der Waals surface area contributed by atoms with Crippen molar-refractivity contribution in [3.63, 3.8) is 0 Å². The van der Waals surface area contributed by atoms with Crippen molar-refractivity contribution in [3.8, 4) is 0 Å². The largest absolute Gasteiger partial charge is 0.308 e. The molecule has 0 spiro atoms. The van der Waals surface area contributed by atoms with Crippen LogP contribution < -0.4 is 0 Å². The van der Waals surface area contributed by atoms with Gasteiger partial charge < -0.3 is 0 Å². The van der Waals surface area contributed by atoms with Gasteiger partial charge in [0.25, 0.3) is 0 Å². The Kier molecular flexibility index (Phi) is 3.06. The van der Waals surface area contributed by atoms with Crippen LogP contribution in [0.3, 0.4) is 0 Å². The standard InChI is InChI=1S/C9H15N3O2S/c13-15(14,12-8-5-10-9-12)11-6-3-1-2-4-7-11/h5,8-9H,1-4,6-7H2. The summed E-state index contributed by atoms with van der Waals surface area (Å²) in [5.74, 6) is 0. The van der Waals surface area contributed by atoms with Crippen molar-refractivity contribution < 1.29 is 8.42 Å². The second-order valence-electron chi connectivity index (χ2n) is 3.71. The van der Waals surface area contributed by atoms with Gasteiger partial charge in [0.1, 0.15) is 6.33 Å². The highest BCUT2D eigenvalue weighted by Crippen LogP contribution is 2.14. The van der Waals surface area contributed by atoms with Crippen molar-refractivity contribution in [1.82, 2.24) is 13.3 Å². The average molecular weight is 229 g/mol. The molecule has 0 aliphatic carbocycles. The van der Waals surface area contributed by atoms with E-state index in [1.807, 2.05) is 0 Å². The summed E-state index contributed by atoms with van der Waals surface area (Å²) in [4.78, 5) is 3.76. The summed E-state index contributed by atoms with van der Waals surface area (Å²) in [7, 11) is -3.35. The zero-order valence-electron chi connectivity index (χ0n) is 8.54. The van der Waals surface area contributed by atoms with Gasteiger partial charge in [0, 0.05) is 25.5 Å². The highest BCUT2D eigenvalue weighted by atomic mass is 32.2. The van der Waals surface area contributed by atoms with Crippen LogP contribution in [0.4, 0.5) is 0 Å². The Balaban J connectivity index is 2.21. The summed E-state index contributed by atoms with van der Waals surface area (Å²) in [6, 6.07) is 0. The molecule has 1 fully saturated rings. The third-order valence-electron chi connectivity index (χ3n) is 2.64. The van der Waals surface area contributed by atoms with E-state index in [4.69, 9.17) is 0 Å². The molecule has 5 nitrogen and oxygen atoms in total. The van der Waals surface area contributed by atoms with Crippen LogP contribution in [0.1, 0.15) is 25.7 Å². The van der Waals surface area contributed by atoms with Gasteiger partial charge in [-0.2, -0.15) is 12.7 Å². The predicted molar refractivity (Wildman–Crippen MR) is 56.6 cm³/mol. The number of hydrogen-bond acceptors (Lipinski definition) is 3. The SMILES string of the molecule is O=S(=O)(N1CCCCCC1)n1ccnc1. The Labute approximate surface area is 89.9 Å². The van der Waals surface area contributed by atoms with Crippen molar-refractivity contribution in [2.45, 2.75) is 25.7 Å². The lowest BCUT2D eigenvalue weighted by Crippen LogP contribution is -2.35. The zero-order chi connectivity index (χ0) is 10.7. The minimum atomic E-state index is -3.35. The van der Waals surface area contributed by atoms with Crippen molar-refractivity contribution in [1.29, 1.82) is 0 Å². The molecule has 2 rings (SSSR count). The topological polar surface area (TPSA) is 55.2 Å². The maximum Gasteiger partial charge on any atom is 0.308 e. The van der Waals surface area contributed by atoms with Gasteiger partial charge >= 0.3 is 10.2 Å². The summed E-state index contributed by atoms with van der Waals surface area (Å²) in [6.45, 7) is 1.25. The van der Waals surface area contributed by atoms with Crippen molar-refractivity contribution in [3.05, 3.63) is 18.7 Å². The summed E-state index contributed by atoms with van der Waals surface area (Å²) in [5.41, 5.74) is 0. The van der Waals surface area contributed by atoms with Gasteiger partial charge in [-0.15, -0.1) is 0 Å². The van der Waals surface area contributed by atoms with E-state index in [0.29, 0.717) is 13.1 Å². The Morgan fingerprint density at radius 1 is 1.07 bits per heavy atom. The lowest BCUT2D eigenvalue weighted by atomic mass is 10.2. The van der Waals surface area contributed by atoms with Crippen LogP contribution in [-0.2, 0) is 10.2 Å². The Bertz CT molecular complexity index is 391. The lowest BCUT2D eigenvalue weighted by molar-refractivity contribution is 0.417. The molecule has 1 aromatic rings. The molecule has 0 radical (unpaired) electrons. The van der Waals surface area contributed by atoms with Crippen LogP contribution >= 0.6 is 0 Å². The fourth-order valence-corrected chi connectivity index (χ4v) is 3.16. The first-order valence-corrected chi connectivity index (χ1v) is 6.59. The second kappa shape index (κ2) is 4.32.